The average Bonchev–Trinajstić information content (AvgIpc) is 2.37. The van der Waals surface area contributed by atoms with Crippen LogP contribution in [0.1, 0.15) is 28.0 Å². The van der Waals surface area contributed by atoms with Gasteiger partial charge >= 0.3 is 5.97 Å². The van der Waals surface area contributed by atoms with Gasteiger partial charge in [-0.2, -0.15) is 0 Å². The van der Waals surface area contributed by atoms with Gasteiger partial charge < -0.3 is 5.11 Å². The molecule has 0 spiro atoms. The van der Waals surface area contributed by atoms with Gasteiger partial charge in [0.15, 0.2) is 5.82 Å². The van der Waals surface area contributed by atoms with Gasteiger partial charge in [0.2, 0.25) is 0 Å². The van der Waals surface area contributed by atoms with Gasteiger partial charge in [-0.1, -0.05) is 23.8 Å². The molecule has 1 N–H and O–H groups in total. The molecule has 0 saturated heterocycles. The Kier molecular flexibility index (Phi) is 3.50. The van der Waals surface area contributed by atoms with Gasteiger partial charge in [0.1, 0.15) is 11.3 Å². The molecule has 0 fully saturated rings. The standard InChI is InChI=1S/C13H10F2N2O2/c1-7-3-2-4-8(5-7)12-16-6-9(13(18)19)10(17-12)11(14)15/h2-6,11H,1H3,(H,18,19). The van der Waals surface area contributed by atoms with Gasteiger partial charge in [0.05, 0.1) is 0 Å². The molecule has 2 aromatic rings. The number of nitrogens with zero attached hydrogens (tertiary/aromatic N) is 2. The molecule has 6 heteroatoms. The van der Waals surface area contributed by atoms with Gasteiger partial charge in [-0.05, 0) is 13.0 Å². The highest BCUT2D eigenvalue weighted by molar-refractivity contribution is 5.88. The van der Waals surface area contributed by atoms with E-state index in [2.05, 4.69) is 9.97 Å². The monoisotopic (exact) mass is 264 g/mol. The van der Waals surface area contributed by atoms with E-state index in [0.29, 0.717) is 5.56 Å². The fourth-order valence-corrected chi connectivity index (χ4v) is 1.65. The van der Waals surface area contributed by atoms with E-state index in [4.69, 9.17) is 5.11 Å². The zero-order chi connectivity index (χ0) is 14.0. The Balaban J connectivity index is 2.55. The zero-order valence-electron chi connectivity index (χ0n) is 9.97. The van der Waals surface area contributed by atoms with Crippen LogP contribution in [0.3, 0.4) is 0 Å². The fraction of sp³-hybridized carbons (Fsp3) is 0.154. The highest BCUT2D eigenvalue weighted by Gasteiger charge is 2.21. The lowest BCUT2D eigenvalue weighted by Gasteiger charge is -2.07. The van der Waals surface area contributed by atoms with Crippen LogP contribution in [0.2, 0.25) is 0 Å². The summed E-state index contributed by atoms with van der Waals surface area (Å²) in [7, 11) is 0. The maximum Gasteiger partial charge on any atom is 0.339 e. The van der Waals surface area contributed by atoms with Crippen molar-refractivity contribution >= 4 is 5.97 Å². The Morgan fingerprint density at radius 1 is 1.37 bits per heavy atom. The third-order valence-corrected chi connectivity index (χ3v) is 2.53. The largest absolute Gasteiger partial charge is 0.478 e. The number of carboxylic acids is 1. The molecule has 19 heavy (non-hydrogen) atoms. The number of halogens is 2. The van der Waals surface area contributed by atoms with Gasteiger partial charge in [0.25, 0.3) is 6.43 Å². The minimum Gasteiger partial charge on any atom is -0.478 e. The zero-order valence-corrected chi connectivity index (χ0v) is 9.97. The minimum absolute atomic E-state index is 0.0870. The van der Waals surface area contributed by atoms with E-state index >= 15 is 0 Å². The molecule has 1 heterocycles. The highest BCUT2D eigenvalue weighted by Crippen LogP contribution is 2.24. The minimum atomic E-state index is -2.96. The number of carboxylic acid groups (broad SMARTS) is 1. The van der Waals surface area contributed by atoms with Crippen LogP contribution in [0.25, 0.3) is 11.4 Å². The molecule has 1 aromatic carbocycles. The molecule has 98 valence electrons. The van der Waals surface area contributed by atoms with Crippen LogP contribution >= 0.6 is 0 Å². The van der Waals surface area contributed by atoms with Crippen molar-refractivity contribution in [2.75, 3.05) is 0 Å². The number of benzene rings is 1. The maximum atomic E-state index is 12.8. The smallest absolute Gasteiger partial charge is 0.339 e. The van der Waals surface area contributed by atoms with E-state index in [1.54, 1.807) is 18.2 Å². The number of rotatable bonds is 3. The van der Waals surface area contributed by atoms with Crippen LogP contribution in [0.5, 0.6) is 0 Å². The van der Waals surface area contributed by atoms with Crippen molar-refractivity contribution < 1.29 is 18.7 Å². The number of hydrogen-bond donors (Lipinski definition) is 1. The normalized spacial score (nSPS) is 10.7. The molecule has 4 nitrogen and oxygen atoms in total. The molecule has 0 atom stereocenters. The van der Waals surface area contributed by atoms with E-state index in [9.17, 15) is 13.6 Å². The molecule has 0 amide bonds. The van der Waals surface area contributed by atoms with Crippen molar-refractivity contribution in [3.63, 3.8) is 0 Å². The van der Waals surface area contributed by atoms with Gasteiger partial charge in [-0.3, -0.25) is 0 Å². The Morgan fingerprint density at radius 2 is 2.11 bits per heavy atom. The van der Waals surface area contributed by atoms with Crippen LogP contribution < -0.4 is 0 Å². The van der Waals surface area contributed by atoms with Gasteiger partial charge in [-0.25, -0.2) is 23.5 Å². The molecule has 0 bridgehead atoms. The molecule has 0 aliphatic carbocycles. The second-order valence-electron chi connectivity index (χ2n) is 3.97. The number of aromatic carboxylic acids is 1. The van der Waals surface area contributed by atoms with Crippen molar-refractivity contribution in [1.82, 2.24) is 9.97 Å². The van der Waals surface area contributed by atoms with Crippen LogP contribution in [0.15, 0.2) is 30.5 Å². The molecule has 0 saturated carbocycles. The third-order valence-electron chi connectivity index (χ3n) is 2.53. The highest BCUT2D eigenvalue weighted by atomic mass is 19.3. The van der Waals surface area contributed by atoms with Crippen molar-refractivity contribution in [2.45, 2.75) is 13.3 Å². The van der Waals surface area contributed by atoms with Crippen LogP contribution in [-0.4, -0.2) is 21.0 Å². The van der Waals surface area contributed by atoms with Crippen molar-refractivity contribution in [3.05, 3.63) is 47.3 Å². The Hall–Kier alpha value is -2.37. The SMILES string of the molecule is Cc1cccc(-c2ncc(C(=O)O)c(C(F)F)n2)c1. The summed E-state index contributed by atoms with van der Waals surface area (Å²) in [5.41, 5.74) is 0.159. The molecular weight excluding hydrogens is 254 g/mol. The van der Waals surface area contributed by atoms with E-state index in [-0.39, 0.29) is 5.82 Å². The van der Waals surface area contributed by atoms with Gasteiger partial charge in [-0.15, -0.1) is 0 Å². The molecule has 0 radical (unpaired) electrons. The number of aromatic nitrogens is 2. The Labute approximate surface area is 107 Å². The van der Waals surface area contributed by atoms with Crippen molar-refractivity contribution in [1.29, 1.82) is 0 Å². The van der Waals surface area contributed by atoms with E-state index in [0.717, 1.165) is 11.8 Å². The number of carbonyl (C=O) groups is 1. The third kappa shape index (κ3) is 2.73. The van der Waals surface area contributed by atoms with Gasteiger partial charge in [0, 0.05) is 11.8 Å². The average molecular weight is 264 g/mol. The second kappa shape index (κ2) is 5.09. The summed E-state index contributed by atoms with van der Waals surface area (Å²) in [4.78, 5) is 18.3. The first kappa shape index (κ1) is 13.1. The Morgan fingerprint density at radius 3 is 2.68 bits per heavy atom. The maximum absolute atomic E-state index is 12.8. The van der Waals surface area contributed by atoms with E-state index in [1.165, 1.54) is 0 Å². The fourth-order valence-electron chi connectivity index (χ4n) is 1.65. The summed E-state index contributed by atoms with van der Waals surface area (Å²) in [6.45, 7) is 1.85. The number of aryl methyl sites for hydroxylation is 1. The predicted octanol–water partition coefficient (Wildman–Crippen LogP) is 3.09. The van der Waals surface area contributed by atoms with E-state index < -0.39 is 23.7 Å². The van der Waals surface area contributed by atoms with Crippen LogP contribution in [-0.2, 0) is 0 Å². The van der Waals surface area contributed by atoms with Crippen LogP contribution in [0, 0.1) is 6.92 Å². The lowest BCUT2D eigenvalue weighted by molar-refractivity contribution is 0.0681. The second-order valence-corrected chi connectivity index (χ2v) is 3.97. The summed E-state index contributed by atoms with van der Waals surface area (Å²) in [6, 6.07) is 7.02. The lowest BCUT2D eigenvalue weighted by atomic mass is 10.1. The molecule has 0 aliphatic rings. The van der Waals surface area contributed by atoms with Crippen molar-refractivity contribution in [2.24, 2.45) is 0 Å². The number of alkyl halides is 2. The first-order valence-electron chi connectivity index (χ1n) is 5.44. The van der Waals surface area contributed by atoms with E-state index in [1.807, 2.05) is 13.0 Å². The first-order chi connectivity index (χ1) is 8.99. The van der Waals surface area contributed by atoms with Crippen molar-refractivity contribution in [3.8, 4) is 11.4 Å². The quantitative estimate of drug-likeness (QED) is 0.925. The topological polar surface area (TPSA) is 63.1 Å². The molecular formula is C13H10F2N2O2. The van der Waals surface area contributed by atoms with Crippen LogP contribution in [0.4, 0.5) is 8.78 Å². The molecule has 0 unspecified atom stereocenters. The summed E-state index contributed by atoms with van der Waals surface area (Å²) in [5.74, 6) is -1.38. The number of hydrogen-bond acceptors (Lipinski definition) is 3. The summed E-state index contributed by atoms with van der Waals surface area (Å²) < 4.78 is 25.6. The molecule has 2 rings (SSSR count). The summed E-state index contributed by atoms with van der Waals surface area (Å²) >= 11 is 0. The molecule has 1 aromatic heterocycles. The molecule has 0 aliphatic heterocycles. The lowest BCUT2D eigenvalue weighted by Crippen LogP contribution is -2.08. The first-order valence-corrected chi connectivity index (χ1v) is 5.44. The Bertz CT molecular complexity index is 630. The predicted molar refractivity (Wildman–Crippen MR) is 64.1 cm³/mol. The summed E-state index contributed by atoms with van der Waals surface area (Å²) in [5, 5.41) is 8.81. The summed E-state index contributed by atoms with van der Waals surface area (Å²) in [6.07, 6.45) is -2.05.